The summed E-state index contributed by atoms with van der Waals surface area (Å²) in [6.07, 6.45) is 1.08. The van der Waals surface area contributed by atoms with Crippen molar-refractivity contribution in [1.29, 1.82) is 0 Å². The van der Waals surface area contributed by atoms with E-state index in [2.05, 4.69) is 5.32 Å². The summed E-state index contributed by atoms with van der Waals surface area (Å²) in [7, 11) is -1.66. The summed E-state index contributed by atoms with van der Waals surface area (Å²) in [5.74, 6) is 0.144. The number of nitrogens with one attached hydrogen (secondary N) is 1. The lowest BCUT2D eigenvalue weighted by Crippen LogP contribution is -2.50. The molecule has 2 aliphatic rings. The quantitative estimate of drug-likeness (QED) is 0.457. The summed E-state index contributed by atoms with van der Waals surface area (Å²) < 4.78 is 35.9. The molecule has 0 radical (unpaired) electrons. The maximum Gasteiger partial charge on any atom is 0.246 e. The van der Waals surface area contributed by atoms with E-state index in [-0.39, 0.29) is 24.0 Å². The van der Waals surface area contributed by atoms with Crippen molar-refractivity contribution in [1.82, 2.24) is 10.3 Å². The van der Waals surface area contributed by atoms with Gasteiger partial charge in [0.25, 0.3) is 0 Å². The predicted octanol–water partition coefficient (Wildman–Crippen LogP) is 5.26. The van der Waals surface area contributed by atoms with Crippen LogP contribution in [-0.2, 0) is 19.4 Å². The minimum Gasteiger partial charge on any atom is -0.471 e. The number of nitrogens with zero attached hydrogens (tertiary/aromatic N) is 1. The number of rotatable bonds is 5. The Hall–Kier alpha value is -2.65. The predicted molar refractivity (Wildman–Crippen MR) is 144 cm³/mol. The summed E-state index contributed by atoms with van der Waals surface area (Å²) in [6, 6.07) is 16.4. The van der Waals surface area contributed by atoms with Crippen LogP contribution in [0.2, 0.25) is 10.0 Å². The molecular formula is C27H26Cl2N2O5S. The molecule has 0 bridgehead atoms. The second kappa shape index (κ2) is 10.3. The topological polar surface area (TPSA) is 94.6 Å². The molecule has 7 nitrogen and oxygen atoms in total. The van der Waals surface area contributed by atoms with Crippen LogP contribution in [0.4, 0.5) is 0 Å². The molecule has 3 aromatic rings. The Morgan fingerprint density at radius 1 is 1.11 bits per heavy atom. The summed E-state index contributed by atoms with van der Waals surface area (Å²) in [4.78, 5) is 17.6. The molecule has 10 heteroatoms. The molecule has 5 rings (SSSR count). The SMILES string of the molecule is COCC(=O)NC1CC2(CCS(=O)(=O)CC2)Oc2nc(-c3ccccc3Cl)c(-c3ccc(Cl)cc3)cc21. The maximum atomic E-state index is 12.6. The Balaban J connectivity index is 1.67. The highest BCUT2D eigenvalue weighted by Gasteiger charge is 2.46. The van der Waals surface area contributed by atoms with Gasteiger partial charge in [-0.3, -0.25) is 4.79 Å². The minimum absolute atomic E-state index is 0.0291. The first kappa shape index (κ1) is 26.0. The molecule has 1 fully saturated rings. The molecule has 2 aromatic carbocycles. The van der Waals surface area contributed by atoms with Gasteiger partial charge in [-0.15, -0.1) is 0 Å². The fraction of sp³-hybridized carbons (Fsp3) is 0.333. The van der Waals surface area contributed by atoms with Gasteiger partial charge in [-0.25, -0.2) is 13.4 Å². The number of aromatic nitrogens is 1. The van der Waals surface area contributed by atoms with E-state index in [1.165, 1.54) is 7.11 Å². The largest absolute Gasteiger partial charge is 0.471 e. The Morgan fingerprint density at radius 2 is 1.81 bits per heavy atom. The number of halogens is 2. The molecule has 1 spiro atoms. The lowest BCUT2D eigenvalue weighted by Gasteiger charge is -2.44. The Labute approximate surface area is 226 Å². The van der Waals surface area contributed by atoms with E-state index in [0.29, 0.717) is 46.4 Å². The van der Waals surface area contributed by atoms with Gasteiger partial charge in [0.15, 0.2) is 9.84 Å². The first-order valence-corrected chi connectivity index (χ1v) is 14.5. The third-order valence-electron chi connectivity index (χ3n) is 6.91. The number of amides is 1. The van der Waals surface area contributed by atoms with Gasteiger partial charge in [0, 0.05) is 53.1 Å². The monoisotopic (exact) mass is 560 g/mol. The molecule has 1 atom stereocenters. The molecule has 1 unspecified atom stereocenters. The van der Waals surface area contributed by atoms with Crippen LogP contribution in [0, 0.1) is 0 Å². The molecule has 3 heterocycles. The lowest BCUT2D eigenvalue weighted by atomic mass is 9.83. The fourth-order valence-electron chi connectivity index (χ4n) is 4.99. The zero-order valence-electron chi connectivity index (χ0n) is 20.2. The van der Waals surface area contributed by atoms with Crippen LogP contribution in [0.3, 0.4) is 0 Å². The van der Waals surface area contributed by atoms with Crippen molar-refractivity contribution in [2.75, 3.05) is 25.2 Å². The first-order chi connectivity index (χ1) is 17.7. The number of sulfone groups is 1. The normalized spacial score (nSPS) is 19.6. The second-order valence-electron chi connectivity index (χ2n) is 9.46. The van der Waals surface area contributed by atoms with Gasteiger partial charge in [0.2, 0.25) is 11.8 Å². The average molecular weight is 561 g/mol. The van der Waals surface area contributed by atoms with Crippen molar-refractivity contribution in [3.05, 3.63) is 70.2 Å². The highest BCUT2D eigenvalue weighted by atomic mass is 35.5. The van der Waals surface area contributed by atoms with Gasteiger partial charge in [-0.2, -0.15) is 0 Å². The van der Waals surface area contributed by atoms with Crippen LogP contribution in [0.25, 0.3) is 22.4 Å². The van der Waals surface area contributed by atoms with Crippen molar-refractivity contribution in [3.8, 4) is 28.3 Å². The molecule has 1 aromatic heterocycles. The van der Waals surface area contributed by atoms with E-state index in [1.807, 2.05) is 36.4 Å². The van der Waals surface area contributed by atoms with Crippen LogP contribution in [0.15, 0.2) is 54.6 Å². The summed E-state index contributed by atoms with van der Waals surface area (Å²) >= 11 is 12.7. The van der Waals surface area contributed by atoms with Gasteiger partial charge in [-0.1, -0.05) is 53.5 Å². The molecule has 0 saturated carbocycles. The molecule has 1 amide bonds. The van der Waals surface area contributed by atoms with Crippen molar-refractivity contribution in [3.63, 3.8) is 0 Å². The van der Waals surface area contributed by atoms with Gasteiger partial charge in [-0.05, 0) is 29.8 Å². The highest BCUT2D eigenvalue weighted by Crippen LogP contribution is 2.47. The van der Waals surface area contributed by atoms with E-state index >= 15 is 0 Å². The van der Waals surface area contributed by atoms with Crippen LogP contribution < -0.4 is 10.1 Å². The van der Waals surface area contributed by atoms with Crippen LogP contribution in [-0.4, -0.2) is 50.1 Å². The fourth-order valence-corrected chi connectivity index (χ4v) is 6.91. The third-order valence-corrected chi connectivity index (χ3v) is 9.15. The van der Waals surface area contributed by atoms with E-state index in [1.54, 1.807) is 18.2 Å². The lowest BCUT2D eigenvalue weighted by molar-refractivity contribution is -0.126. The molecule has 2 aliphatic heterocycles. The van der Waals surface area contributed by atoms with Gasteiger partial charge in [0.05, 0.1) is 23.2 Å². The van der Waals surface area contributed by atoms with E-state index in [4.69, 9.17) is 37.7 Å². The van der Waals surface area contributed by atoms with Crippen LogP contribution >= 0.6 is 23.2 Å². The number of carbonyl (C=O) groups is 1. The second-order valence-corrected chi connectivity index (χ2v) is 12.6. The van der Waals surface area contributed by atoms with Gasteiger partial charge < -0.3 is 14.8 Å². The van der Waals surface area contributed by atoms with Crippen molar-refractivity contribution in [2.45, 2.75) is 30.9 Å². The van der Waals surface area contributed by atoms with Crippen molar-refractivity contribution >= 4 is 38.9 Å². The first-order valence-electron chi connectivity index (χ1n) is 11.9. The zero-order chi connectivity index (χ0) is 26.2. The standard InChI is InChI=1S/C27H26Cl2N2O5S/c1-35-16-24(32)30-23-15-27(10-12-37(33,34)13-11-27)36-26-21(23)14-20(17-6-8-18(28)9-7-17)25(31-26)19-4-2-3-5-22(19)29/h2-9,14,23H,10-13,15-16H2,1H3,(H,30,32). The Kier molecular flexibility index (Phi) is 7.20. The van der Waals surface area contributed by atoms with Gasteiger partial charge >= 0.3 is 0 Å². The number of methoxy groups -OCH3 is 1. The van der Waals surface area contributed by atoms with E-state index in [0.717, 1.165) is 16.7 Å². The molecule has 1 N–H and O–H groups in total. The van der Waals surface area contributed by atoms with Crippen LogP contribution in [0.5, 0.6) is 5.88 Å². The number of carbonyl (C=O) groups excluding carboxylic acids is 1. The van der Waals surface area contributed by atoms with Crippen molar-refractivity contribution in [2.24, 2.45) is 0 Å². The summed E-state index contributed by atoms with van der Waals surface area (Å²) in [5.41, 5.74) is 2.99. The summed E-state index contributed by atoms with van der Waals surface area (Å²) in [6.45, 7) is -0.0940. The zero-order valence-corrected chi connectivity index (χ0v) is 22.5. The number of hydrogen-bond acceptors (Lipinski definition) is 6. The van der Waals surface area contributed by atoms with E-state index < -0.39 is 21.5 Å². The Morgan fingerprint density at radius 3 is 2.49 bits per heavy atom. The molecule has 0 aliphatic carbocycles. The number of benzene rings is 2. The number of ether oxygens (including phenoxy) is 2. The van der Waals surface area contributed by atoms with Crippen molar-refractivity contribution < 1.29 is 22.7 Å². The highest BCUT2D eigenvalue weighted by molar-refractivity contribution is 7.91. The third kappa shape index (κ3) is 5.48. The molecule has 1 saturated heterocycles. The molecule has 194 valence electrons. The maximum absolute atomic E-state index is 12.6. The number of pyridine rings is 1. The minimum atomic E-state index is -3.12. The molecular weight excluding hydrogens is 535 g/mol. The van der Waals surface area contributed by atoms with Gasteiger partial charge in [0.1, 0.15) is 12.2 Å². The number of hydrogen-bond donors (Lipinski definition) is 1. The van der Waals surface area contributed by atoms with E-state index in [9.17, 15) is 13.2 Å². The summed E-state index contributed by atoms with van der Waals surface area (Å²) in [5, 5.41) is 4.19. The van der Waals surface area contributed by atoms with Crippen LogP contribution in [0.1, 0.15) is 30.9 Å². The Bertz CT molecular complexity index is 1430. The average Bonchev–Trinajstić information content (AvgIpc) is 2.87. The number of fused-ring (bicyclic) bond motifs is 1. The smallest absolute Gasteiger partial charge is 0.246 e. The molecule has 37 heavy (non-hydrogen) atoms.